The van der Waals surface area contributed by atoms with E-state index in [9.17, 15) is 18.0 Å². The lowest BCUT2D eigenvalue weighted by Crippen LogP contribution is -2.31. The summed E-state index contributed by atoms with van der Waals surface area (Å²) in [7, 11) is 1.46. The molecule has 1 aromatic rings. The van der Waals surface area contributed by atoms with Crippen LogP contribution in [0.4, 0.5) is 24.5 Å². The van der Waals surface area contributed by atoms with Crippen LogP contribution in [0.2, 0.25) is 0 Å². The van der Waals surface area contributed by atoms with Crippen molar-refractivity contribution in [3.63, 3.8) is 0 Å². The van der Waals surface area contributed by atoms with E-state index < -0.39 is 24.1 Å². The quantitative estimate of drug-likeness (QED) is 0.774. The SMILES string of the molecule is CN(CC(N)=O)c1cc(OC(F)F)c(F)cc1N. The number of anilines is 2. The molecule has 0 saturated carbocycles. The van der Waals surface area contributed by atoms with Crippen LogP contribution >= 0.6 is 0 Å². The molecule has 100 valence electrons. The average molecular weight is 263 g/mol. The van der Waals surface area contributed by atoms with Crippen LogP contribution in [0.5, 0.6) is 5.75 Å². The number of ether oxygens (including phenoxy) is 1. The summed E-state index contributed by atoms with van der Waals surface area (Å²) in [4.78, 5) is 12.0. The van der Waals surface area contributed by atoms with E-state index in [1.807, 2.05) is 0 Å². The smallest absolute Gasteiger partial charge is 0.387 e. The number of nitrogens with two attached hydrogens (primary N) is 2. The minimum atomic E-state index is -3.16. The summed E-state index contributed by atoms with van der Waals surface area (Å²) in [6, 6.07) is 1.82. The Balaban J connectivity index is 3.07. The van der Waals surface area contributed by atoms with Gasteiger partial charge in [-0.05, 0) is 0 Å². The van der Waals surface area contributed by atoms with Crippen LogP contribution in [0.1, 0.15) is 0 Å². The third kappa shape index (κ3) is 3.44. The van der Waals surface area contributed by atoms with E-state index in [2.05, 4.69) is 4.74 Å². The molecule has 0 aliphatic heterocycles. The molecule has 1 rings (SSSR count). The standard InChI is InChI=1S/C10H12F3N3O2/c1-16(4-9(15)17)7-3-8(18-10(12)13)5(11)2-6(7)14/h2-3,10H,4,14H2,1H3,(H2,15,17). The van der Waals surface area contributed by atoms with Crippen molar-refractivity contribution >= 4 is 17.3 Å². The predicted octanol–water partition coefficient (Wildman–Crippen LogP) is 0.931. The molecule has 8 heteroatoms. The van der Waals surface area contributed by atoms with Crippen LogP contribution in [0.25, 0.3) is 0 Å². The van der Waals surface area contributed by atoms with Crippen LogP contribution in [-0.4, -0.2) is 26.1 Å². The Bertz CT molecular complexity index is 454. The number of nitrogens with zero attached hydrogens (tertiary/aromatic N) is 1. The number of amides is 1. The van der Waals surface area contributed by atoms with Gasteiger partial charge in [-0.25, -0.2) is 4.39 Å². The molecule has 0 radical (unpaired) electrons. The fourth-order valence-electron chi connectivity index (χ4n) is 1.39. The molecule has 0 aliphatic rings. The first kappa shape index (κ1) is 13.9. The molecule has 0 atom stereocenters. The van der Waals surface area contributed by atoms with Crippen molar-refractivity contribution in [3.8, 4) is 5.75 Å². The molecular weight excluding hydrogens is 251 g/mol. The number of rotatable bonds is 5. The lowest BCUT2D eigenvalue weighted by Gasteiger charge is -2.20. The molecular formula is C10H12F3N3O2. The van der Waals surface area contributed by atoms with Gasteiger partial charge in [0.1, 0.15) is 0 Å². The number of primary amides is 1. The molecule has 0 unspecified atom stereocenters. The van der Waals surface area contributed by atoms with Crippen molar-refractivity contribution in [1.82, 2.24) is 0 Å². The van der Waals surface area contributed by atoms with Crippen LogP contribution in [0.3, 0.4) is 0 Å². The van der Waals surface area contributed by atoms with E-state index in [0.717, 1.165) is 12.1 Å². The number of benzene rings is 1. The fourth-order valence-corrected chi connectivity index (χ4v) is 1.39. The van der Waals surface area contributed by atoms with Crippen molar-refractivity contribution in [2.75, 3.05) is 24.2 Å². The number of nitrogen functional groups attached to an aromatic ring is 1. The lowest BCUT2D eigenvalue weighted by atomic mass is 10.2. The lowest BCUT2D eigenvalue weighted by molar-refractivity contribution is -0.116. The van der Waals surface area contributed by atoms with E-state index in [-0.39, 0.29) is 17.9 Å². The molecule has 5 nitrogen and oxygen atoms in total. The highest BCUT2D eigenvalue weighted by molar-refractivity contribution is 5.81. The molecule has 0 spiro atoms. The van der Waals surface area contributed by atoms with E-state index in [1.165, 1.54) is 11.9 Å². The zero-order chi connectivity index (χ0) is 13.9. The van der Waals surface area contributed by atoms with Gasteiger partial charge in [0.25, 0.3) is 0 Å². The Morgan fingerprint density at radius 2 is 2.11 bits per heavy atom. The summed E-state index contributed by atoms with van der Waals surface area (Å²) in [5.41, 5.74) is 10.7. The van der Waals surface area contributed by atoms with Gasteiger partial charge in [0.05, 0.1) is 17.9 Å². The summed E-state index contributed by atoms with van der Waals surface area (Å²) in [5.74, 6) is -2.30. The summed E-state index contributed by atoms with van der Waals surface area (Å²) in [6.07, 6.45) is 0. The minimum Gasteiger partial charge on any atom is -0.432 e. The first-order valence-electron chi connectivity index (χ1n) is 4.84. The molecule has 18 heavy (non-hydrogen) atoms. The normalized spacial score (nSPS) is 10.5. The molecule has 0 heterocycles. The van der Waals surface area contributed by atoms with E-state index in [1.54, 1.807) is 0 Å². The zero-order valence-electron chi connectivity index (χ0n) is 9.49. The van der Waals surface area contributed by atoms with E-state index in [4.69, 9.17) is 11.5 Å². The van der Waals surface area contributed by atoms with Gasteiger partial charge in [-0.2, -0.15) is 8.78 Å². The molecule has 0 aliphatic carbocycles. The number of carbonyl (C=O) groups excluding carboxylic acids is 1. The maximum atomic E-state index is 13.3. The van der Waals surface area contributed by atoms with Gasteiger partial charge in [-0.1, -0.05) is 0 Å². The topological polar surface area (TPSA) is 81.6 Å². The number of carbonyl (C=O) groups is 1. The number of hydrogen-bond acceptors (Lipinski definition) is 4. The maximum Gasteiger partial charge on any atom is 0.387 e. The number of halogens is 3. The summed E-state index contributed by atoms with van der Waals surface area (Å²) >= 11 is 0. The van der Waals surface area contributed by atoms with Crippen molar-refractivity contribution in [1.29, 1.82) is 0 Å². The Kier molecular flexibility index (Phi) is 4.24. The van der Waals surface area contributed by atoms with Gasteiger partial charge in [0.2, 0.25) is 5.91 Å². The molecule has 1 amide bonds. The van der Waals surface area contributed by atoms with Gasteiger partial charge < -0.3 is 21.1 Å². The van der Waals surface area contributed by atoms with E-state index >= 15 is 0 Å². The van der Waals surface area contributed by atoms with Gasteiger partial charge >= 0.3 is 6.61 Å². The van der Waals surface area contributed by atoms with Crippen LogP contribution < -0.4 is 21.1 Å². The molecule has 0 saturated heterocycles. The monoisotopic (exact) mass is 263 g/mol. The van der Waals surface area contributed by atoms with Crippen LogP contribution in [0, 0.1) is 5.82 Å². The number of alkyl halides is 2. The Hall–Kier alpha value is -2.12. The van der Waals surface area contributed by atoms with E-state index in [0.29, 0.717) is 0 Å². The molecule has 0 fully saturated rings. The number of likely N-dealkylation sites (N-methyl/N-ethyl adjacent to an activating group) is 1. The summed E-state index contributed by atoms with van der Waals surface area (Å²) in [5, 5.41) is 0. The van der Waals surface area contributed by atoms with Gasteiger partial charge in [0, 0.05) is 19.2 Å². The highest BCUT2D eigenvalue weighted by atomic mass is 19.3. The first-order chi connectivity index (χ1) is 8.31. The summed E-state index contributed by atoms with van der Waals surface area (Å²) in [6.45, 7) is -3.35. The van der Waals surface area contributed by atoms with Gasteiger partial charge in [-0.15, -0.1) is 0 Å². The minimum absolute atomic E-state index is 0.0159. The van der Waals surface area contributed by atoms with Crippen molar-refractivity contribution in [2.45, 2.75) is 6.61 Å². The fraction of sp³-hybridized carbons (Fsp3) is 0.300. The molecule has 1 aromatic carbocycles. The Morgan fingerprint density at radius 3 is 2.61 bits per heavy atom. The molecule has 4 N–H and O–H groups in total. The Labute approximate surface area is 101 Å². The van der Waals surface area contributed by atoms with Crippen LogP contribution in [0.15, 0.2) is 12.1 Å². The van der Waals surface area contributed by atoms with Crippen molar-refractivity contribution in [3.05, 3.63) is 17.9 Å². The third-order valence-corrected chi connectivity index (χ3v) is 2.10. The largest absolute Gasteiger partial charge is 0.432 e. The second-order valence-electron chi connectivity index (χ2n) is 3.54. The number of hydrogen-bond donors (Lipinski definition) is 2. The van der Waals surface area contributed by atoms with Crippen molar-refractivity contribution in [2.24, 2.45) is 5.73 Å². The van der Waals surface area contributed by atoms with Crippen LogP contribution in [-0.2, 0) is 4.79 Å². The third-order valence-electron chi connectivity index (χ3n) is 2.10. The highest BCUT2D eigenvalue weighted by Crippen LogP contribution is 2.31. The average Bonchev–Trinajstić information content (AvgIpc) is 2.20. The molecule has 0 bridgehead atoms. The zero-order valence-corrected chi connectivity index (χ0v) is 9.49. The molecule has 0 aromatic heterocycles. The second kappa shape index (κ2) is 5.48. The first-order valence-corrected chi connectivity index (χ1v) is 4.84. The highest BCUT2D eigenvalue weighted by Gasteiger charge is 2.16. The maximum absolute atomic E-state index is 13.3. The Morgan fingerprint density at radius 1 is 1.50 bits per heavy atom. The van der Waals surface area contributed by atoms with Gasteiger partial charge in [-0.3, -0.25) is 4.79 Å². The van der Waals surface area contributed by atoms with Crippen molar-refractivity contribution < 1.29 is 22.7 Å². The van der Waals surface area contributed by atoms with Gasteiger partial charge in [0.15, 0.2) is 11.6 Å². The summed E-state index contributed by atoms with van der Waals surface area (Å²) < 4.78 is 41.3. The second-order valence-corrected chi connectivity index (χ2v) is 3.54. The predicted molar refractivity (Wildman–Crippen MR) is 59.9 cm³/mol.